The Balaban J connectivity index is 2.63. The Kier molecular flexibility index (Phi) is 1.44. The van der Waals surface area contributed by atoms with Gasteiger partial charge in [-0.05, 0) is 6.07 Å². The van der Waals surface area contributed by atoms with E-state index >= 15 is 0 Å². The molecule has 0 aromatic carbocycles. The minimum absolute atomic E-state index is 0.369. The van der Waals surface area contributed by atoms with Gasteiger partial charge in [-0.25, -0.2) is 14.3 Å². The van der Waals surface area contributed by atoms with E-state index in [-0.39, 0.29) is 5.69 Å². The molecule has 12 heavy (non-hydrogen) atoms. The number of aromatic nitrogens is 5. The second kappa shape index (κ2) is 2.57. The van der Waals surface area contributed by atoms with Crippen LogP contribution in [0.15, 0.2) is 29.5 Å². The lowest BCUT2D eigenvalue weighted by atomic mass is 10.6. The maximum absolute atomic E-state index is 11.1. The van der Waals surface area contributed by atoms with Crippen molar-refractivity contribution in [3.05, 3.63) is 35.1 Å². The van der Waals surface area contributed by atoms with Gasteiger partial charge in [-0.2, -0.15) is 10.3 Å². The highest BCUT2D eigenvalue weighted by Gasteiger charge is 1.99. The zero-order valence-corrected chi connectivity index (χ0v) is 6.01. The van der Waals surface area contributed by atoms with E-state index in [4.69, 9.17) is 0 Å². The van der Waals surface area contributed by atoms with E-state index < -0.39 is 0 Å². The van der Waals surface area contributed by atoms with Crippen LogP contribution in [0.25, 0.3) is 5.82 Å². The first kappa shape index (κ1) is 6.71. The lowest BCUT2D eigenvalue weighted by Gasteiger charge is -1.95. The third-order valence-electron chi connectivity index (χ3n) is 1.36. The fraction of sp³-hybridized carbons (Fsp3) is 0. The van der Waals surface area contributed by atoms with Crippen molar-refractivity contribution in [3.8, 4) is 5.82 Å². The van der Waals surface area contributed by atoms with Crippen molar-refractivity contribution in [2.45, 2.75) is 0 Å². The molecule has 0 aliphatic heterocycles. The molecule has 1 N–H and O–H groups in total. The van der Waals surface area contributed by atoms with E-state index in [1.54, 1.807) is 12.3 Å². The summed E-state index contributed by atoms with van der Waals surface area (Å²) in [7, 11) is 0. The summed E-state index contributed by atoms with van der Waals surface area (Å²) in [6.07, 6.45) is 4.45. The SMILES string of the molecule is O=c1ncccn1-c1cn[nH]n1. The Hall–Kier alpha value is -1.98. The molecule has 0 amide bonds. The van der Waals surface area contributed by atoms with E-state index in [0.717, 1.165) is 0 Å². The van der Waals surface area contributed by atoms with Gasteiger partial charge in [0, 0.05) is 12.4 Å². The first-order valence-electron chi connectivity index (χ1n) is 3.28. The van der Waals surface area contributed by atoms with Crippen molar-refractivity contribution < 1.29 is 0 Å². The lowest BCUT2D eigenvalue weighted by molar-refractivity contribution is 0.856. The maximum atomic E-state index is 11.1. The molecule has 0 aliphatic carbocycles. The van der Waals surface area contributed by atoms with Gasteiger partial charge in [0.05, 0.1) is 6.20 Å². The Morgan fingerprint density at radius 2 is 2.42 bits per heavy atom. The molecule has 0 radical (unpaired) electrons. The summed E-state index contributed by atoms with van der Waals surface area (Å²) >= 11 is 0. The molecule has 6 heteroatoms. The number of nitrogens with zero attached hydrogens (tertiary/aromatic N) is 4. The van der Waals surface area contributed by atoms with Crippen LogP contribution in [0, 0.1) is 0 Å². The van der Waals surface area contributed by atoms with Crippen molar-refractivity contribution in [2.75, 3.05) is 0 Å². The normalized spacial score (nSPS) is 10.0. The van der Waals surface area contributed by atoms with Crippen LogP contribution in [0.5, 0.6) is 0 Å². The first-order valence-corrected chi connectivity index (χ1v) is 3.28. The van der Waals surface area contributed by atoms with Crippen LogP contribution in [-0.2, 0) is 0 Å². The molecule has 0 saturated heterocycles. The Morgan fingerprint density at radius 3 is 3.08 bits per heavy atom. The van der Waals surface area contributed by atoms with Gasteiger partial charge in [-0.3, -0.25) is 0 Å². The largest absolute Gasteiger partial charge is 0.353 e. The Bertz CT molecular complexity index is 418. The third-order valence-corrected chi connectivity index (χ3v) is 1.36. The van der Waals surface area contributed by atoms with E-state index in [1.165, 1.54) is 17.0 Å². The average Bonchev–Trinajstić information content (AvgIpc) is 2.57. The fourth-order valence-electron chi connectivity index (χ4n) is 0.843. The fourth-order valence-corrected chi connectivity index (χ4v) is 0.843. The van der Waals surface area contributed by atoms with Crippen molar-refractivity contribution in [3.63, 3.8) is 0 Å². The number of H-pyrrole nitrogens is 1. The first-order chi connectivity index (χ1) is 5.88. The van der Waals surface area contributed by atoms with Gasteiger partial charge in [0.2, 0.25) is 0 Å². The van der Waals surface area contributed by atoms with Crippen LogP contribution in [0.1, 0.15) is 0 Å². The zero-order valence-electron chi connectivity index (χ0n) is 6.01. The molecular weight excluding hydrogens is 158 g/mol. The summed E-state index contributed by atoms with van der Waals surface area (Å²) < 4.78 is 1.30. The molecule has 2 aromatic rings. The van der Waals surface area contributed by atoms with Gasteiger partial charge < -0.3 is 0 Å². The van der Waals surface area contributed by atoms with Crippen molar-refractivity contribution in [2.24, 2.45) is 0 Å². The standard InChI is InChI=1S/C6H5N5O/c12-6-7-2-1-3-11(6)5-4-8-10-9-5/h1-4H,(H,8,9,10). The summed E-state index contributed by atoms with van der Waals surface area (Å²) in [4.78, 5) is 14.6. The van der Waals surface area contributed by atoms with Gasteiger partial charge >= 0.3 is 5.69 Å². The number of nitrogens with one attached hydrogen (secondary N) is 1. The molecule has 2 heterocycles. The molecule has 0 bridgehead atoms. The lowest BCUT2D eigenvalue weighted by Crippen LogP contribution is -2.19. The third kappa shape index (κ3) is 0.986. The minimum Gasteiger partial charge on any atom is -0.249 e. The van der Waals surface area contributed by atoms with Crippen molar-refractivity contribution >= 4 is 0 Å². The predicted molar refractivity (Wildman–Crippen MR) is 39.8 cm³/mol. The van der Waals surface area contributed by atoms with Crippen LogP contribution < -0.4 is 5.69 Å². The zero-order chi connectivity index (χ0) is 8.39. The molecule has 2 rings (SSSR count). The summed E-state index contributed by atoms with van der Waals surface area (Å²) in [5.74, 6) is 0.438. The molecule has 0 aliphatic rings. The number of hydrogen-bond donors (Lipinski definition) is 1. The topological polar surface area (TPSA) is 76.5 Å². The maximum Gasteiger partial charge on any atom is 0.353 e. The highest BCUT2D eigenvalue weighted by atomic mass is 16.1. The van der Waals surface area contributed by atoms with Crippen LogP contribution >= 0.6 is 0 Å². The van der Waals surface area contributed by atoms with E-state index in [2.05, 4.69) is 20.4 Å². The molecule has 6 nitrogen and oxygen atoms in total. The van der Waals surface area contributed by atoms with Crippen LogP contribution in [0.2, 0.25) is 0 Å². The molecular formula is C6H5N5O. The summed E-state index contributed by atoms with van der Waals surface area (Å²) in [5.41, 5.74) is -0.369. The van der Waals surface area contributed by atoms with Crippen LogP contribution in [0.4, 0.5) is 0 Å². The molecule has 0 unspecified atom stereocenters. The predicted octanol–water partition coefficient (Wildman–Crippen LogP) is -0.649. The molecule has 0 atom stereocenters. The van der Waals surface area contributed by atoms with E-state index in [0.29, 0.717) is 5.82 Å². The number of hydrogen-bond acceptors (Lipinski definition) is 4. The van der Waals surface area contributed by atoms with Gasteiger partial charge in [-0.15, -0.1) is 5.10 Å². The summed E-state index contributed by atoms with van der Waals surface area (Å²) in [6.45, 7) is 0. The van der Waals surface area contributed by atoms with Crippen molar-refractivity contribution in [1.29, 1.82) is 0 Å². The summed E-state index contributed by atoms with van der Waals surface area (Å²) in [6, 6.07) is 1.65. The number of rotatable bonds is 1. The smallest absolute Gasteiger partial charge is 0.249 e. The highest BCUT2D eigenvalue weighted by Crippen LogP contribution is 1.92. The van der Waals surface area contributed by atoms with Gasteiger partial charge in [-0.1, -0.05) is 0 Å². The highest BCUT2D eigenvalue weighted by molar-refractivity contribution is 5.14. The monoisotopic (exact) mass is 163 g/mol. The Labute approximate surface area is 66.9 Å². The van der Waals surface area contributed by atoms with Crippen LogP contribution in [0.3, 0.4) is 0 Å². The number of aromatic amines is 1. The summed E-state index contributed by atoms with van der Waals surface area (Å²) in [5, 5.41) is 9.72. The van der Waals surface area contributed by atoms with Gasteiger partial charge in [0.15, 0.2) is 5.82 Å². The second-order valence-electron chi connectivity index (χ2n) is 2.10. The van der Waals surface area contributed by atoms with E-state index in [1.807, 2.05) is 0 Å². The van der Waals surface area contributed by atoms with Gasteiger partial charge in [0.25, 0.3) is 0 Å². The molecule has 0 spiro atoms. The van der Waals surface area contributed by atoms with Crippen LogP contribution in [-0.4, -0.2) is 25.0 Å². The average molecular weight is 163 g/mol. The van der Waals surface area contributed by atoms with E-state index in [9.17, 15) is 4.79 Å². The molecule has 60 valence electrons. The second-order valence-corrected chi connectivity index (χ2v) is 2.10. The minimum atomic E-state index is -0.369. The van der Waals surface area contributed by atoms with Gasteiger partial charge in [0.1, 0.15) is 0 Å². The quantitative estimate of drug-likeness (QED) is 0.606. The molecule has 0 saturated carbocycles. The molecule has 0 fully saturated rings. The molecule has 2 aromatic heterocycles. The Morgan fingerprint density at radius 1 is 1.50 bits per heavy atom. The van der Waals surface area contributed by atoms with Crippen molar-refractivity contribution in [1.82, 2.24) is 25.0 Å².